The Morgan fingerprint density at radius 2 is 2.44 bits per heavy atom. The summed E-state index contributed by atoms with van der Waals surface area (Å²) in [6.45, 7) is 0. The van der Waals surface area contributed by atoms with Gasteiger partial charge in [0.25, 0.3) is 0 Å². The quantitative estimate of drug-likeness (QED) is 0.586. The largest absolute Gasteiger partial charge is 0.480 e. The van der Waals surface area contributed by atoms with Gasteiger partial charge >= 0.3 is 5.97 Å². The normalized spacial score (nSPS) is 11.4. The number of terminal acetylenes is 1. The fraction of sp³-hybridized carbons (Fsp3) is 0.300. The predicted octanol–water partition coefficient (Wildman–Crippen LogP) is -0.455. The van der Waals surface area contributed by atoms with Gasteiger partial charge in [-0.1, -0.05) is 0 Å². The fourth-order valence-corrected chi connectivity index (χ4v) is 1.12. The molecule has 1 aromatic heterocycles. The number of aliphatic carboxylic acids is 1. The van der Waals surface area contributed by atoms with E-state index in [0.29, 0.717) is 5.69 Å². The molecule has 0 aliphatic carbocycles. The lowest BCUT2D eigenvalue weighted by molar-refractivity contribution is -0.141. The maximum Gasteiger partial charge on any atom is 0.327 e. The number of carbonyl (C=O) groups is 2. The molecule has 6 nitrogen and oxygen atoms in total. The van der Waals surface area contributed by atoms with Crippen molar-refractivity contribution < 1.29 is 14.7 Å². The van der Waals surface area contributed by atoms with Crippen LogP contribution in [-0.2, 0) is 16.0 Å². The minimum absolute atomic E-state index is 0.0376. The number of carboxylic acids is 1. The average Bonchev–Trinajstić information content (AvgIpc) is 2.69. The molecule has 0 aromatic carbocycles. The number of carboxylic acid groups (broad SMARTS) is 1. The number of aromatic amines is 1. The first-order valence-electron chi connectivity index (χ1n) is 4.57. The van der Waals surface area contributed by atoms with Crippen molar-refractivity contribution in [2.75, 3.05) is 0 Å². The Kier molecular flexibility index (Phi) is 4.09. The molecule has 0 bridgehead atoms. The topological polar surface area (TPSA) is 95.1 Å². The number of H-pyrrole nitrogens is 1. The second-order valence-corrected chi connectivity index (χ2v) is 3.13. The van der Waals surface area contributed by atoms with Gasteiger partial charge in [0.1, 0.15) is 6.04 Å². The van der Waals surface area contributed by atoms with Gasteiger partial charge in [0.15, 0.2) is 0 Å². The standard InChI is InChI=1S/C10H11N3O3/c1-2-3-8(10(15)16)12-9(14)6-7-4-5-11-13-7/h1,4-5,8H,3,6H2,(H,11,13)(H,12,14)(H,15,16). The lowest BCUT2D eigenvalue weighted by Gasteiger charge is -2.10. The molecule has 3 N–H and O–H groups in total. The molecular formula is C10H11N3O3. The molecule has 84 valence electrons. The summed E-state index contributed by atoms with van der Waals surface area (Å²) < 4.78 is 0. The SMILES string of the molecule is C#CCC(NC(=O)Cc1ccn[nH]1)C(=O)O. The molecule has 1 unspecified atom stereocenters. The van der Waals surface area contributed by atoms with Crippen molar-refractivity contribution in [2.45, 2.75) is 18.9 Å². The third-order valence-electron chi connectivity index (χ3n) is 1.86. The smallest absolute Gasteiger partial charge is 0.327 e. The molecule has 1 atom stereocenters. The number of hydrogen-bond donors (Lipinski definition) is 3. The van der Waals surface area contributed by atoms with E-state index >= 15 is 0 Å². The van der Waals surface area contributed by atoms with Crippen LogP contribution >= 0.6 is 0 Å². The number of hydrogen-bond acceptors (Lipinski definition) is 3. The summed E-state index contributed by atoms with van der Waals surface area (Å²) in [7, 11) is 0. The van der Waals surface area contributed by atoms with Gasteiger partial charge < -0.3 is 10.4 Å². The van der Waals surface area contributed by atoms with Crippen LogP contribution in [-0.4, -0.2) is 33.2 Å². The maximum absolute atomic E-state index is 11.4. The van der Waals surface area contributed by atoms with Crippen LogP contribution in [0.1, 0.15) is 12.1 Å². The highest BCUT2D eigenvalue weighted by Crippen LogP contribution is 1.96. The van der Waals surface area contributed by atoms with Crippen LogP contribution in [0.25, 0.3) is 0 Å². The molecule has 1 rings (SSSR count). The summed E-state index contributed by atoms with van der Waals surface area (Å²) in [5.74, 6) is 0.645. The van der Waals surface area contributed by atoms with Crippen molar-refractivity contribution in [3.63, 3.8) is 0 Å². The summed E-state index contributed by atoms with van der Waals surface area (Å²) in [6, 6.07) is 0.594. The monoisotopic (exact) mass is 221 g/mol. The molecule has 16 heavy (non-hydrogen) atoms. The summed E-state index contributed by atoms with van der Waals surface area (Å²) in [6.07, 6.45) is 6.52. The van der Waals surface area contributed by atoms with Gasteiger partial charge in [-0.15, -0.1) is 12.3 Å². The minimum atomic E-state index is -1.14. The molecule has 1 amide bonds. The number of carbonyl (C=O) groups excluding carboxylic acids is 1. The third-order valence-corrected chi connectivity index (χ3v) is 1.86. The van der Waals surface area contributed by atoms with Gasteiger partial charge in [0, 0.05) is 18.3 Å². The van der Waals surface area contributed by atoms with Crippen LogP contribution in [0, 0.1) is 12.3 Å². The molecular weight excluding hydrogens is 210 g/mol. The lowest BCUT2D eigenvalue weighted by atomic mass is 10.2. The van der Waals surface area contributed by atoms with E-state index in [1.807, 2.05) is 0 Å². The predicted molar refractivity (Wildman–Crippen MR) is 55.3 cm³/mol. The number of nitrogens with zero attached hydrogens (tertiary/aromatic N) is 1. The summed E-state index contributed by atoms with van der Waals surface area (Å²) in [5.41, 5.74) is 0.613. The van der Waals surface area contributed by atoms with Crippen molar-refractivity contribution in [1.82, 2.24) is 15.5 Å². The van der Waals surface area contributed by atoms with E-state index < -0.39 is 17.9 Å². The van der Waals surface area contributed by atoms with E-state index in [-0.39, 0.29) is 12.8 Å². The highest BCUT2D eigenvalue weighted by Gasteiger charge is 2.18. The molecule has 0 saturated carbocycles. The van der Waals surface area contributed by atoms with Gasteiger partial charge in [-0.3, -0.25) is 9.89 Å². The highest BCUT2D eigenvalue weighted by molar-refractivity contribution is 5.84. The van der Waals surface area contributed by atoms with Crippen LogP contribution < -0.4 is 5.32 Å². The van der Waals surface area contributed by atoms with E-state index in [1.54, 1.807) is 6.07 Å². The Balaban J connectivity index is 2.49. The van der Waals surface area contributed by atoms with Gasteiger partial charge in [0.2, 0.25) is 5.91 Å². The van der Waals surface area contributed by atoms with Gasteiger partial charge in [0.05, 0.1) is 6.42 Å². The van der Waals surface area contributed by atoms with Crippen molar-refractivity contribution in [3.05, 3.63) is 18.0 Å². The van der Waals surface area contributed by atoms with Crippen LogP contribution in [0.2, 0.25) is 0 Å². The maximum atomic E-state index is 11.4. The fourth-order valence-electron chi connectivity index (χ4n) is 1.12. The number of rotatable bonds is 5. The lowest BCUT2D eigenvalue weighted by Crippen LogP contribution is -2.41. The Hall–Kier alpha value is -2.29. The summed E-state index contributed by atoms with van der Waals surface area (Å²) in [4.78, 5) is 22.1. The van der Waals surface area contributed by atoms with Gasteiger partial charge in [-0.05, 0) is 6.07 Å². The second-order valence-electron chi connectivity index (χ2n) is 3.13. The molecule has 0 saturated heterocycles. The van der Waals surface area contributed by atoms with E-state index in [9.17, 15) is 9.59 Å². The zero-order valence-corrected chi connectivity index (χ0v) is 8.43. The van der Waals surface area contributed by atoms with Crippen molar-refractivity contribution in [1.29, 1.82) is 0 Å². The molecule has 0 fully saturated rings. The van der Waals surface area contributed by atoms with Crippen molar-refractivity contribution in [3.8, 4) is 12.3 Å². The zero-order chi connectivity index (χ0) is 12.0. The highest BCUT2D eigenvalue weighted by atomic mass is 16.4. The third kappa shape index (κ3) is 3.46. The number of aromatic nitrogens is 2. The first kappa shape index (κ1) is 11.8. The first-order chi connectivity index (χ1) is 7.63. The molecule has 0 spiro atoms. The van der Waals surface area contributed by atoms with Crippen LogP contribution in [0.15, 0.2) is 12.3 Å². The van der Waals surface area contributed by atoms with E-state index in [2.05, 4.69) is 21.4 Å². The molecule has 1 aromatic rings. The second kappa shape index (κ2) is 5.56. The number of nitrogens with one attached hydrogen (secondary N) is 2. The van der Waals surface area contributed by atoms with E-state index in [0.717, 1.165) is 0 Å². The first-order valence-corrected chi connectivity index (χ1v) is 4.57. The minimum Gasteiger partial charge on any atom is -0.480 e. The van der Waals surface area contributed by atoms with Gasteiger partial charge in [-0.25, -0.2) is 4.79 Å². The van der Waals surface area contributed by atoms with E-state index in [4.69, 9.17) is 11.5 Å². The Morgan fingerprint density at radius 3 is 2.94 bits per heavy atom. The molecule has 1 heterocycles. The summed E-state index contributed by atoms with van der Waals surface area (Å²) >= 11 is 0. The summed E-state index contributed by atoms with van der Waals surface area (Å²) in [5, 5.41) is 17.4. The average molecular weight is 221 g/mol. The van der Waals surface area contributed by atoms with Crippen LogP contribution in [0.4, 0.5) is 0 Å². The molecule has 0 aliphatic heterocycles. The van der Waals surface area contributed by atoms with Crippen molar-refractivity contribution >= 4 is 11.9 Å². The van der Waals surface area contributed by atoms with Crippen molar-refractivity contribution in [2.24, 2.45) is 0 Å². The van der Waals surface area contributed by atoms with Crippen LogP contribution in [0.3, 0.4) is 0 Å². The Morgan fingerprint density at radius 1 is 1.69 bits per heavy atom. The zero-order valence-electron chi connectivity index (χ0n) is 8.43. The number of amides is 1. The molecule has 6 heteroatoms. The Bertz CT molecular complexity index is 405. The van der Waals surface area contributed by atoms with E-state index in [1.165, 1.54) is 6.20 Å². The Labute approximate surface area is 92.0 Å². The van der Waals surface area contributed by atoms with Gasteiger partial charge in [-0.2, -0.15) is 5.10 Å². The van der Waals surface area contributed by atoms with Crippen LogP contribution in [0.5, 0.6) is 0 Å². The molecule has 0 radical (unpaired) electrons. The molecule has 0 aliphatic rings.